The van der Waals surface area contributed by atoms with Crippen LogP contribution in [-0.2, 0) is 17.6 Å². The molecule has 1 atom stereocenters. The summed E-state index contributed by atoms with van der Waals surface area (Å²) in [4.78, 5) is 26.3. The highest BCUT2D eigenvalue weighted by atomic mass is 35.5. The van der Waals surface area contributed by atoms with Gasteiger partial charge in [-0.05, 0) is 55.0 Å². The molecule has 2 aromatic rings. The van der Waals surface area contributed by atoms with Crippen LogP contribution in [0, 0.1) is 5.92 Å². The van der Waals surface area contributed by atoms with E-state index in [0.717, 1.165) is 19.3 Å². The van der Waals surface area contributed by atoms with Crippen molar-refractivity contribution < 1.29 is 19.1 Å². The minimum atomic E-state index is -0.444. The van der Waals surface area contributed by atoms with Gasteiger partial charge >= 0.3 is 5.97 Å². The van der Waals surface area contributed by atoms with Crippen LogP contribution in [0.5, 0.6) is 5.75 Å². The maximum Gasteiger partial charge on any atom is 0.348 e. The van der Waals surface area contributed by atoms with Gasteiger partial charge in [0, 0.05) is 10.4 Å². The van der Waals surface area contributed by atoms with E-state index in [-0.39, 0.29) is 12.4 Å². The molecule has 1 aromatic heterocycles. The highest BCUT2D eigenvalue weighted by Crippen LogP contribution is 2.32. The lowest BCUT2D eigenvalue weighted by atomic mass is 9.90. The van der Waals surface area contributed by atoms with Gasteiger partial charge in [-0.1, -0.05) is 18.5 Å². The summed E-state index contributed by atoms with van der Waals surface area (Å²) < 4.78 is 10.2. The summed E-state index contributed by atoms with van der Waals surface area (Å²) in [5.41, 5.74) is 1.63. The first-order valence-electron chi connectivity index (χ1n) is 8.13. The molecule has 0 radical (unpaired) electrons. The number of aryl methyl sites for hydroxylation is 1. The molecule has 1 aliphatic rings. The van der Waals surface area contributed by atoms with Gasteiger partial charge in [-0.3, -0.25) is 4.79 Å². The summed E-state index contributed by atoms with van der Waals surface area (Å²) in [6, 6.07) is 6.65. The Morgan fingerprint density at radius 3 is 2.84 bits per heavy atom. The second-order valence-corrected chi connectivity index (χ2v) is 7.80. The van der Waals surface area contributed by atoms with Crippen LogP contribution in [0.25, 0.3) is 0 Å². The van der Waals surface area contributed by atoms with Crippen molar-refractivity contribution in [1.29, 1.82) is 0 Å². The Balaban J connectivity index is 1.62. The van der Waals surface area contributed by atoms with Crippen molar-refractivity contribution in [2.45, 2.75) is 26.2 Å². The van der Waals surface area contributed by atoms with Crippen molar-refractivity contribution in [3.05, 3.63) is 50.2 Å². The molecule has 0 spiro atoms. The van der Waals surface area contributed by atoms with E-state index in [0.29, 0.717) is 27.1 Å². The standard InChI is InChI=1S/C19H19ClO4S/c1-11-3-6-17-13(7-11)9-18(25-17)19(22)24-10-15(21)12-4-5-16(23-2)14(20)8-12/h4-5,8-9,11H,3,6-7,10H2,1-2H3/t11-/m0/s1. The van der Waals surface area contributed by atoms with Crippen molar-refractivity contribution in [3.63, 3.8) is 0 Å². The topological polar surface area (TPSA) is 52.6 Å². The van der Waals surface area contributed by atoms with E-state index < -0.39 is 5.97 Å². The number of halogens is 1. The Morgan fingerprint density at radius 2 is 2.12 bits per heavy atom. The number of hydrogen-bond donors (Lipinski definition) is 0. The summed E-state index contributed by atoms with van der Waals surface area (Å²) >= 11 is 7.50. The highest BCUT2D eigenvalue weighted by Gasteiger charge is 2.22. The first-order chi connectivity index (χ1) is 12.0. The van der Waals surface area contributed by atoms with E-state index in [2.05, 4.69) is 6.92 Å². The molecule has 1 aromatic carbocycles. The molecule has 0 aliphatic heterocycles. The Morgan fingerprint density at radius 1 is 1.32 bits per heavy atom. The van der Waals surface area contributed by atoms with E-state index in [1.54, 1.807) is 12.1 Å². The lowest BCUT2D eigenvalue weighted by Crippen LogP contribution is -2.13. The average molecular weight is 379 g/mol. The minimum absolute atomic E-state index is 0.298. The normalized spacial score (nSPS) is 16.2. The van der Waals surface area contributed by atoms with Gasteiger partial charge in [-0.25, -0.2) is 4.79 Å². The number of rotatable bonds is 5. The van der Waals surface area contributed by atoms with Crippen LogP contribution in [-0.4, -0.2) is 25.5 Å². The van der Waals surface area contributed by atoms with Gasteiger partial charge in [-0.15, -0.1) is 11.3 Å². The third kappa shape index (κ3) is 4.05. The number of hydrogen-bond acceptors (Lipinski definition) is 5. The molecule has 6 heteroatoms. The van der Waals surface area contributed by atoms with E-state index >= 15 is 0 Å². The zero-order valence-electron chi connectivity index (χ0n) is 14.1. The molecule has 132 valence electrons. The molecule has 0 amide bonds. The van der Waals surface area contributed by atoms with Crippen molar-refractivity contribution in [2.75, 3.05) is 13.7 Å². The second kappa shape index (κ2) is 7.58. The first kappa shape index (κ1) is 18.0. The van der Waals surface area contributed by atoms with Crippen LogP contribution in [0.1, 0.15) is 43.8 Å². The Bertz CT molecular complexity index is 812. The van der Waals surface area contributed by atoms with E-state index in [4.69, 9.17) is 21.1 Å². The Hall–Kier alpha value is -1.85. The number of ketones is 1. The van der Waals surface area contributed by atoms with E-state index in [1.807, 2.05) is 6.07 Å². The number of benzene rings is 1. The first-order valence-corrected chi connectivity index (χ1v) is 9.33. The molecular weight excluding hydrogens is 360 g/mol. The maximum atomic E-state index is 12.2. The SMILES string of the molecule is COc1ccc(C(=O)COC(=O)c2cc3c(s2)CC[C@H](C)C3)cc1Cl. The number of Topliss-reactive ketones (excluding diaryl/α,β-unsaturated/α-hetero) is 1. The fraction of sp³-hybridized carbons (Fsp3) is 0.368. The lowest BCUT2D eigenvalue weighted by Gasteiger charge is -2.16. The monoisotopic (exact) mass is 378 g/mol. The fourth-order valence-electron chi connectivity index (χ4n) is 2.93. The molecule has 1 aliphatic carbocycles. The van der Waals surface area contributed by atoms with Gasteiger partial charge in [0.2, 0.25) is 0 Å². The van der Waals surface area contributed by atoms with Gasteiger partial charge < -0.3 is 9.47 Å². The predicted octanol–water partition coefficient (Wildman–Crippen LogP) is 4.57. The van der Waals surface area contributed by atoms with Crippen LogP contribution in [0.4, 0.5) is 0 Å². The Labute approximate surface area is 155 Å². The van der Waals surface area contributed by atoms with Crippen molar-refractivity contribution in [1.82, 2.24) is 0 Å². The molecule has 0 bridgehead atoms. The van der Waals surface area contributed by atoms with Crippen molar-refractivity contribution in [2.24, 2.45) is 5.92 Å². The zero-order chi connectivity index (χ0) is 18.0. The molecule has 4 nitrogen and oxygen atoms in total. The zero-order valence-corrected chi connectivity index (χ0v) is 15.7. The fourth-order valence-corrected chi connectivity index (χ4v) is 4.29. The number of fused-ring (bicyclic) bond motifs is 1. The van der Waals surface area contributed by atoms with Gasteiger partial charge in [0.05, 0.1) is 12.1 Å². The summed E-state index contributed by atoms with van der Waals surface area (Å²) in [7, 11) is 1.51. The molecule has 0 saturated heterocycles. The third-order valence-electron chi connectivity index (χ3n) is 4.34. The quantitative estimate of drug-likeness (QED) is 0.564. The predicted molar refractivity (Wildman–Crippen MR) is 98.1 cm³/mol. The number of carbonyl (C=O) groups excluding carboxylic acids is 2. The number of esters is 1. The summed E-state index contributed by atoms with van der Waals surface area (Å²) in [5, 5.41) is 0.347. The number of carbonyl (C=O) groups is 2. The van der Waals surface area contributed by atoms with Gasteiger partial charge in [0.15, 0.2) is 12.4 Å². The van der Waals surface area contributed by atoms with Gasteiger partial charge in [0.1, 0.15) is 10.6 Å². The molecule has 0 fully saturated rings. The van der Waals surface area contributed by atoms with Gasteiger partial charge in [0.25, 0.3) is 0 Å². The smallest absolute Gasteiger partial charge is 0.348 e. The molecule has 1 heterocycles. The molecule has 25 heavy (non-hydrogen) atoms. The average Bonchev–Trinajstić information content (AvgIpc) is 3.02. The lowest BCUT2D eigenvalue weighted by molar-refractivity contribution is 0.0479. The number of thiophene rings is 1. The van der Waals surface area contributed by atoms with E-state index in [9.17, 15) is 9.59 Å². The Kier molecular flexibility index (Phi) is 5.45. The molecule has 0 unspecified atom stereocenters. The third-order valence-corrected chi connectivity index (χ3v) is 5.85. The van der Waals surface area contributed by atoms with Crippen LogP contribution >= 0.6 is 22.9 Å². The molecule has 3 rings (SSSR count). The summed E-state index contributed by atoms with van der Waals surface area (Å²) in [6.45, 7) is 1.91. The number of methoxy groups -OCH3 is 1. The van der Waals surface area contributed by atoms with Crippen LogP contribution in [0.3, 0.4) is 0 Å². The largest absolute Gasteiger partial charge is 0.495 e. The van der Waals surface area contributed by atoms with Crippen LogP contribution < -0.4 is 4.74 Å². The van der Waals surface area contributed by atoms with E-state index in [1.165, 1.54) is 35.0 Å². The summed E-state index contributed by atoms with van der Waals surface area (Å²) in [6.07, 6.45) is 3.17. The van der Waals surface area contributed by atoms with Gasteiger partial charge in [-0.2, -0.15) is 0 Å². The number of ether oxygens (including phenoxy) is 2. The second-order valence-electron chi connectivity index (χ2n) is 6.26. The van der Waals surface area contributed by atoms with Crippen molar-refractivity contribution >= 4 is 34.7 Å². The minimum Gasteiger partial charge on any atom is -0.495 e. The van der Waals surface area contributed by atoms with Crippen LogP contribution in [0.15, 0.2) is 24.3 Å². The van der Waals surface area contributed by atoms with Crippen LogP contribution in [0.2, 0.25) is 5.02 Å². The molecule has 0 N–H and O–H groups in total. The highest BCUT2D eigenvalue weighted by molar-refractivity contribution is 7.14. The molecule has 0 saturated carbocycles. The maximum absolute atomic E-state index is 12.2. The summed E-state index contributed by atoms with van der Waals surface area (Å²) in [5.74, 6) is 0.397. The van der Waals surface area contributed by atoms with Crippen molar-refractivity contribution in [3.8, 4) is 5.75 Å². The molecular formula is C19H19ClO4S.